The van der Waals surface area contributed by atoms with Crippen molar-refractivity contribution in [2.24, 2.45) is 0 Å². The highest BCUT2D eigenvalue weighted by molar-refractivity contribution is 6.13. The summed E-state index contributed by atoms with van der Waals surface area (Å²) in [4.78, 5) is 14.3. The van der Waals surface area contributed by atoms with Crippen LogP contribution in [-0.2, 0) is 5.41 Å². The zero-order valence-electron chi connectivity index (χ0n) is 29.4. The minimum Gasteiger partial charge on any atom is -0.354 e. The fourth-order valence-electron chi connectivity index (χ4n) is 7.92. The number of hydrogen-bond donors (Lipinski definition) is 1. The zero-order valence-corrected chi connectivity index (χ0v) is 29.4. The van der Waals surface area contributed by atoms with Gasteiger partial charge in [-0.25, -0.2) is 4.98 Å². The molecule has 0 aliphatic heterocycles. The van der Waals surface area contributed by atoms with Crippen LogP contribution in [0.1, 0.15) is 26.3 Å². The molecule has 0 aliphatic carbocycles. The lowest BCUT2D eigenvalue weighted by Gasteiger charge is -2.21. The molecule has 0 radical (unpaired) electrons. The Bertz CT molecular complexity index is 2990. The summed E-state index contributed by atoms with van der Waals surface area (Å²) in [6.45, 7) is 6.87. The van der Waals surface area contributed by atoms with Crippen molar-refractivity contribution in [1.82, 2.24) is 19.5 Å². The number of nitrogens with zero attached hydrogens (tertiary/aromatic N) is 3. The number of fused-ring (bicyclic) bond motifs is 6. The van der Waals surface area contributed by atoms with E-state index in [9.17, 15) is 0 Å². The SMILES string of the molecule is CC(C)(C)c1cc(-c2nc3c(-c4cc(-c5ccccn5)c5ccccc5c4)cccc3n2-c2cccc3ccccc23)c2[nH]c3ccccc3c2c1. The summed E-state index contributed by atoms with van der Waals surface area (Å²) in [5, 5.41) is 7.15. The van der Waals surface area contributed by atoms with Gasteiger partial charge in [-0.1, -0.05) is 118 Å². The highest BCUT2D eigenvalue weighted by Crippen LogP contribution is 2.43. The van der Waals surface area contributed by atoms with Gasteiger partial charge in [0, 0.05) is 44.6 Å². The number of aromatic amines is 1. The molecule has 0 saturated heterocycles. The number of benzene rings is 7. The van der Waals surface area contributed by atoms with E-state index in [1.165, 1.54) is 37.9 Å². The molecule has 248 valence electrons. The van der Waals surface area contributed by atoms with Crippen LogP contribution in [0, 0.1) is 0 Å². The lowest BCUT2D eigenvalue weighted by molar-refractivity contribution is 0.591. The summed E-state index contributed by atoms with van der Waals surface area (Å²) in [5.74, 6) is 0.909. The van der Waals surface area contributed by atoms with E-state index < -0.39 is 0 Å². The first kappa shape index (κ1) is 30.3. The number of para-hydroxylation sites is 2. The summed E-state index contributed by atoms with van der Waals surface area (Å²) < 4.78 is 2.38. The highest BCUT2D eigenvalue weighted by Gasteiger charge is 2.25. The molecule has 0 fully saturated rings. The van der Waals surface area contributed by atoms with Crippen molar-refractivity contribution in [3.05, 3.63) is 163 Å². The zero-order chi connectivity index (χ0) is 35.0. The van der Waals surface area contributed by atoms with Crippen molar-refractivity contribution in [3.8, 4) is 39.5 Å². The maximum absolute atomic E-state index is 5.70. The van der Waals surface area contributed by atoms with Crippen molar-refractivity contribution in [2.45, 2.75) is 26.2 Å². The van der Waals surface area contributed by atoms with Gasteiger partial charge in [-0.3, -0.25) is 9.55 Å². The average Bonchev–Trinajstić information content (AvgIpc) is 3.76. The predicted octanol–water partition coefficient (Wildman–Crippen LogP) is 12.7. The molecule has 52 heavy (non-hydrogen) atoms. The molecular formula is C48H36N4. The predicted molar refractivity (Wildman–Crippen MR) is 218 cm³/mol. The molecule has 0 atom stereocenters. The summed E-state index contributed by atoms with van der Waals surface area (Å²) in [6.07, 6.45) is 1.87. The van der Waals surface area contributed by atoms with Crippen molar-refractivity contribution >= 4 is 54.4 Å². The molecule has 0 bridgehead atoms. The van der Waals surface area contributed by atoms with Crippen LogP contribution in [0.2, 0.25) is 0 Å². The van der Waals surface area contributed by atoms with Crippen LogP contribution < -0.4 is 0 Å². The maximum atomic E-state index is 5.70. The van der Waals surface area contributed by atoms with E-state index in [1.54, 1.807) is 0 Å². The molecule has 10 rings (SSSR count). The van der Waals surface area contributed by atoms with Gasteiger partial charge in [0.1, 0.15) is 5.82 Å². The fraction of sp³-hybridized carbons (Fsp3) is 0.0833. The van der Waals surface area contributed by atoms with Crippen LogP contribution in [0.3, 0.4) is 0 Å². The maximum Gasteiger partial charge on any atom is 0.147 e. The Morgan fingerprint density at radius 2 is 1.29 bits per heavy atom. The minimum absolute atomic E-state index is 0.0737. The van der Waals surface area contributed by atoms with Crippen LogP contribution in [-0.4, -0.2) is 19.5 Å². The first-order valence-electron chi connectivity index (χ1n) is 17.9. The third-order valence-electron chi connectivity index (χ3n) is 10.5. The molecule has 4 nitrogen and oxygen atoms in total. The van der Waals surface area contributed by atoms with E-state index in [1.807, 2.05) is 12.3 Å². The molecule has 0 amide bonds. The highest BCUT2D eigenvalue weighted by atomic mass is 15.1. The van der Waals surface area contributed by atoms with Gasteiger partial charge in [0.15, 0.2) is 0 Å². The lowest BCUT2D eigenvalue weighted by atomic mass is 9.85. The summed E-state index contributed by atoms with van der Waals surface area (Å²) in [6, 6.07) is 54.4. The smallest absolute Gasteiger partial charge is 0.147 e. The Morgan fingerprint density at radius 3 is 2.12 bits per heavy atom. The molecule has 0 unspecified atom stereocenters. The van der Waals surface area contributed by atoms with Gasteiger partial charge in [-0.15, -0.1) is 0 Å². The number of aromatic nitrogens is 4. The van der Waals surface area contributed by atoms with Gasteiger partial charge < -0.3 is 4.98 Å². The Balaban J connectivity index is 1.34. The topological polar surface area (TPSA) is 46.5 Å². The van der Waals surface area contributed by atoms with E-state index >= 15 is 0 Å². The van der Waals surface area contributed by atoms with E-state index in [4.69, 9.17) is 9.97 Å². The molecule has 0 saturated carbocycles. The van der Waals surface area contributed by atoms with Crippen LogP contribution in [0.5, 0.6) is 0 Å². The second-order valence-corrected chi connectivity index (χ2v) is 14.8. The number of rotatable bonds is 4. The molecule has 0 aliphatic rings. The second-order valence-electron chi connectivity index (χ2n) is 14.8. The van der Waals surface area contributed by atoms with E-state index in [-0.39, 0.29) is 5.41 Å². The first-order valence-corrected chi connectivity index (χ1v) is 17.9. The Labute approximate surface area is 302 Å². The van der Waals surface area contributed by atoms with Gasteiger partial charge in [-0.05, 0) is 87.3 Å². The molecule has 0 spiro atoms. The number of hydrogen-bond acceptors (Lipinski definition) is 2. The third-order valence-corrected chi connectivity index (χ3v) is 10.5. The monoisotopic (exact) mass is 668 g/mol. The van der Waals surface area contributed by atoms with Crippen molar-refractivity contribution in [2.75, 3.05) is 0 Å². The van der Waals surface area contributed by atoms with Crippen LogP contribution >= 0.6 is 0 Å². The number of pyridine rings is 1. The molecular weight excluding hydrogens is 633 g/mol. The normalized spacial score (nSPS) is 12.1. The Kier molecular flexibility index (Phi) is 6.71. The summed E-state index contributed by atoms with van der Waals surface area (Å²) >= 11 is 0. The number of nitrogens with one attached hydrogen (secondary N) is 1. The number of H-pyrrole nitrogens is 1. The third kappa shape index (κ3) is 4.75. The summed E-state index contributed by atoms with van der Waals surface area (Å²) in [7, 11) is 0. The fourth-order valence-corrected chi connectivity index (χ4v) is 7.92. The van der Waals surface area contributed by atoms with Gasteiger partial charge in [-0.2, -0.15) is 0 Å². The van der Waals surface area contributed by atoms with E-state index in [2.05, 4.69) is 176 Å². The Morgan fingerprint density at radius 1 is 0.558 bits per heavy atom. The molecule has 1 N–H and O–H groups in total. The largest absolute Gasteiger partial charge is 0.354 e. The molecule has 7 aromatic carbocycles. The van der Waals surface area contributed by atoms with E-state index in [0.29, 0.717) is 0 Å². The van der Waals surface area contributed by atoms with Crippen molar-refractivity contribution < 1.29 is 0 Å². The first-order chi connectivity index (χ1) is 25.4. The van der Waals surface area contributed by atoms with Crippen LogP contribution in [0.25, 0.3) is 93.8 Å². The van der Waals surface area contributed by atoms with Crippen molar-refractivity contribution in [3.63, 3.8) is 0 Å². The van der Waals surface area contributed by atoms with Gasteiger partial charge in [0.25, 0.3) is 0 Å². The minimum atomic E-state index is -0.0737. The van der Waals surface area contributed by atoms with Gasteiger partial charge in [0.05, 0.1) is 27.9 Å². The molecule has 3 aromatic heterocycles. The van der Waals surface area contributed by atoms with Crippen LogP contribution in [0.15, 0.2) is 158 Å². The summed E-state index contributed by atoms with van der Waals surface area (Å²) in [5.41, 5.74) is 11.9. The molecule has 4 heteroatoms. The van der Waals surface area contributed by atoms with E-state index in [0.717, 1.165) is 61.5 Å². The van der Waals surface area contributed by atoms with Crippen molar-refractivity contribution in [1.29, 1.82) is 0 Å². The van der Waals surface area contributed by atoms with Gasteiger partial charge in [0.2, 0.25) is 0 Å². The quantitative estimate of drug-likeness (QED) is 0.203. The van der Waals surface area contributed by atoms with Crippen LogP contribution in [0.4, 0.5) is 0 Å². The average molecular weight is 669 g/mol. The lowest BCUT2D eigenvalue weighted by Crippen LogP contribution is -2.11. The standard InChI is InChI=1S/C48H36N4/c1-48(2,3)33-28-39-37-19-8-9-22-42(37)50-45(39)40(29-33)47-51-46-36(20-13-24-44(46)52(47)43-23-12-16-30-14-4-7-18-35(30)43)32-26-31-15-5-6-17-34(31)38(27-32)41-21-10-11-25-49-41/h4-29,50H,1-3H3. The molecule has 10 aromatic rings. The number of imidazole rings is 1. The van der Waals surface area contributed by atoms with Gasteiger partial charge >= 0.3 is 0 Å². The Hall–Kier alpha value is -6.52. The molecule has 3 heterocycles. The second kappa shape index (κ2) is 11.5.